The first-order chi connectivity index (χ1) is 5.36. The summed E-state index contributed by atoms with van der Waals surface area (Å²) in [6.45, 7) is 0.917. The highest BCUT2D eigenvalue weighted by atomic mass is 16.2. The largest absolute Gasteiger partial charge is 0.356 e. The van der Waals surface area contributed by atoms with Crippen molar-refractivity contribution in [1.29, 1.82) is 0 Å². The fourth-order valence-electron chi connectivity index (χ4n) is 1.30. The smallest absolute Gasteiger partial charge is 0.223 e. The summed E-state index contributed by atoms with van der Waals surface area (Å²) in [7, 11) is 0. The number of carbonyl (C=O) groups excluding carboxylic acids is 1. The summed E-state index contributed by atoms with van der Waals surface area (Å²) >= 11 is 0. The molecule has 0 atom stereocenters. The lowest BCUT2D eigenvalue weighted by atomic mass is 10.3. The van der Waals surface area contributed by atoms with Gasteiger partial charge in [-0.2, -0.15) is 0 Å². The number of rotatable bonds is 4. The normalized spacial score (nSPS) is 23.3. The Labute approximate surface area is 67.4 Å². The predicted octanol–water partition coefficient (Wildman–Crippen LogP) is 1.31. The molecular weight excluding hydrogens is 138 g/mol. The van der Waals surface area contributed by atoms with E-state index in [1.54, 1.807) is 0 Å². The molecule has 0 unspecified atom stereocenters. The van der Waals surface area contributed by atoms with Crippen LogP contribution in [0.2, 0.25) is 0 Å². The third-order valence-corrected chi connectivity index (χ3v) is 2.50. The van der Waals surface area contributed by atoms with Gasteiger partial charge in [-0.1, -0.05) is 12.8 Å². The van der Waals surface area contributed by atoms with E-state index in [9.17, 15) is 4.79 Å². The van der Waals surface area contributed by atoms with Crippen LogP contribution in [0.25, 0.3) is 0 Å². The van der Waals surface area contributed by atoms with Gasteiger partial charge in [-0.25, -0.2) is 0 Å². The van der Waals surface area contributed by atoms with Crippen LogP contribution in [0, 0.1) is 11.8 Å². The van der Waals surface area contributed by atoms with Crippen molar-refractivity contribution in [1.82, 2.24) is 5.32 Å². The Morgan fingerprint density at radius 2 is 2.00 bits per heavy atom. The Morgan fingerprint density at radius 1 is 1.27 bits per heavy atom. The number of hydrogen-bond acceptors (Lipinski definition) is 1. The fourth-order valence-corrected chi connectivity index (χ4v) is 1.30. The number of carbonyl (C=O) groups is 1. The van der Waals surface area contributed by atoms with Gasteiger partial charge in [-0.05, 0) is 25.2 Å². The number of nitrogens with one attached hydrogen (secondary N) is 1. The van der Waals surface area contributed by atoms with Crippen LogP contribution < -0.4 is 5.32 Å². The van der Waals surface area contributed by atoms with Crippen LogP contribution >= 0.6 is 0 Å². The van der Waals surface area contributed by atoms with Crippen molar-refractivity contribution in [2.24, 2.45) is 11.8 Å². The minimum Gasteiger partial charge on any atom is -0.356 e. The molecule has 0 aromatic rings. The molecule has 2 fully saturated rings. The Bertz CT molecular complexity index is 159. The lowest BCUT2D eigenvalue weighted by Gasteiger charge is -2.01. The van der Waals surface area contributed by atoms with E-state index >= 15 is 0 Å². The molecule has 2 aliphatic carbocycles. The van der Waals surface area contributed by atoms with E-state index in [-0.39, 0.29) is 0 Å². The SMILES string of the molecule is O=C(NCCC1CC1)C1CC1. The number of hydrogen-bond donors (Lipinski definition) is 1. The van der Waals surface area contributed by atoms with Gasteiger partial charge < -0.3 is 5.32 Å². The lowest BCUT2D eigenvalue weighted by molar-refractivity contribution is -0.122. The number of amides is 1. The summed E-state index contributed by atoms with van der Waals surface area (Å²) in [5, 5.41) is 2.98. The zero-order valence-corrected chi connectivity index (χ0v) is 6.81. The van der Waals surface area contributed by atoms with E-state index in [1.165, 1.54) is 19.3 Å². The zero-order valence-electron chi connectivity index (χ0n) is 6.81. The summed E-state index contributed by atoms with van der Waals surface area (Å²) in [6.07, 6.45) is 6.22. The maximum absolute atomic E-state index is 11.1. The van der Waals surface area contributed by atoms with E-state index in [2.05, 4.69) is 5.32 Å². The molecule has 2 rings (SSSR count). The Balaban J connectivity index is 1.53. The van der Waals surface area contributed by atoms with Gasteiger partial charge >= 0.3 is 0 Å². The van der Waals surface area contributed by atoms with Gasteiger partial charge in [0.25, 0.3) is 0 Å². The summed E-state index contributed by atoms with van der Waals surface area (Å²) in [4.78, 5) is 11.1. The molecule has 0 saturated heterocycles. The molecule has 1 N–H and O–H groups in total. The minimum atomic E-state index is 0.297. The zero-order chi connectivity index (χ0) is 7.68. The van der Waals surface area contributed by atoms with Gasteiger partial charge in [0.2, 0.25) is 5.91 Å². The summed E-state index contributed by atoms with van der Waals surface area (Å²) in [5.41, 5.74) is 0. The minimum absolute atomic E-state index is 0.297. The van der Waals surface area contributed by atoms with Gasteiger partial charge in [0.05, 0.1) is 0 Å². The summed E-state index contributed by atoms with van der Waals surface area (Å²) in [5.74, 6) is 1.62. The topological polar surface area (TPSA) is 29.1 Å². The standard InChI is InChI=1S/C9H15NO/c11-9(8-3-4-8)10-6-5-7-1-2-7/h7-8H,1-6H2,(H,10,11). The summed E-state index contributed by atoms with van der Waals surface area (Å²) in [6, 6.07) is 0. The first-order valence-electron chi connectivity index (χ1n) is 4.64. The van der Waals surface area contributed by atoms with Gasteiger partial charge in [-0.15, -0.1) is 0 Å². The highest BCUT2D eigenvalue weighted by Gasteiger charge is 2.29. The second-order valence-electron chi connectivity index (χ2n) is 3.80. The van der Waals surface area contributed by atoms with E-state index in [0.29, 0.717) is 11.8 Å². The third-order valence-electron chi connectivity index (χ3n) is 2.50. The molecular formula is C9H15NO. The average molecular weight is 153 g/mol. The van der Waals surface area contributed by atoms with Gasteiger partial charge in [0.15, 0.2) is 0 Å². The molecule has 2 aliphatic rings. The highest BCUT2D eigenvalue weighted by Crippen LogP contribution is 2.32. The van der Waals surface area contributed by atoms with Crippen molar-refractivity contribution in [2.45, 2.75) is 32.1 Å². The molecule has 0 heterocycles. The molecule has 2 heteroatoms. The van der Waals surface area contributed by atoms with Crippen LogP contribution in [0.3, 0.4) is 0 Å². The molecule has 0 aliphatic heterocycles. The van der Waals surface area contributed by atoms with Crippen LogP contribution in [-0.2, 0) is 4.79 Å². The van der Waals surface area contributed by atoms with Crippen molar-refractivity contribution >= 4 is 5.91 Å². The first-order valence-corrected chi connectivity index (χ1v) is 4.64. The molecule has 2 saturated carbocycles. The molecule has 0 radical (unpaired) electrons. The lowest BCUT2D eigenvalue weighted by Crippen LogP contribution is -2.25. The Morgan fingerprint density at radius 3 is 2.55 bits per heavy atom. The molecule has 1 amide bonds. The van der Waals surface area contributed by atoms with Crippen LogP contribution in [0.4, 0.5) is 0 Å². The van der Waals surface area contributed by atoms with Crippen molar-refractivity contribution in [3.8, 4) is 0 Å². The van der Waals surface area contributed by atoms with Crippen molar-refractivity contribution in [3.63, 3.8) is 0 Å². The van der Waals surface area contributed by atoms with Gasteiger partial charge in [0, 0.05) is 12.5 Å². The van der Waals surface area contributed by atoms with Crippen LogP contribution in [0.5, 0.6) is 0 Å². The Kier molecular flexibility index (Phi) is 1.84. The van der Waals surface area contributed by atoms with E-state index in [0.717, 1.165) is 25.3 Å². The van der Waals surface area contributed by atoms with Crippen LogP contribution in [0.15, 0.2) is 0 Å². The van der Waals surface area contributed by atoms with Crippen molar-refractivity contribution in [3.05, 3.63) is 0 Å². The van der Waals surface area contributed by atoms with Crippen molar-refractivity contribution < 1.29 is 4.79 Å². The second kappa shape index (κ2) is 2.84. The monoisotopic (exact) mass is 153 g/mol. The van der Waals surface area contributed by atoms with E-state index in [4.69, 9.17) is 0 Å². The molecule has 2 nitrogen and oxygen atoms in total. The van der Waals surface area contributed by atoms with Gasteiger partial charge in [-0.3, -0.25) is 4.79 Å². The molecule has 0 aromatic carbocycles. The summed E-state index contributed by atoms with van der Waals surface area (Å²) < 4.78 is 0. The van der Waals surface area contributed by atoms with Crippen molar-refractivity contribution in [2.75, 3.05) is 6.54 Å². The van der Waals surface area contributed by atoms with Crippen LogP contribution in [-0.4, -0.2) is 12.5 Å². The molecule has 11 heavy (non-hydrogen) atoms. The van der Waals surface area contributed by atoms with Gasteiger partial charge in [0.1, 0.15) is 0 Å². The van der Waals surface area contributed by atoms with Crippen LogP contribution in [0.1, 0.15) is 32.1 Å². The van der Waals surface area contributed by atoms with E-state index in [1.807, 2.05) is 0 Å². The predicted molar refractivity (Wildman–Crippen MR) is 43.1 cm³/mol. The molecule has 0 spiro atoms. The maximum atomic E-state index is 11.1. The molecule has 0 bridgehead atoms. The first kappa shape index (κ1) is 7.14. The third kappa shape index (κ3) is 2.21. The quantitative estimate of drug-likeness (QED) is 0.648. The molecule has 0 aromatic heterocycles. The van der Waals surface area contributed by atoms with E-state index < -0.39 is 0 Å². The maximum Gasteiger partial charge on any atom is 0.223 e. The fraction of sp³-hybridized carbons (Fsp3) is 0.889. The Hall–Kier alpha value is -0.530. The molecule has 62 valence electrons. The average Bonchev–Trinajstić information content (AvgIpc) is 2.85. The highest BCUT2D eigenvalue weighted by molar-refractivity contribution is 5.80. The second-order valence-corrected chi connectivity index (χ2v) is 3.80.